The summed E-state index contributed by atoms with van der Waals surface area (Å²) in [7, 11) is 1.62. The van der Waals surface area contributed by atoms with Crippen molar-refractivity contribution >= 4 is 21.7 Å². The second-order valence-corrected chi connectivity index (χ2v) is 4.51. The van der Waals surface area contributed by atoms with Gasteiger partial charge in [0.2, 0.25) is 0 Å². The topological polar surface area (TPSA) is 64.9 Å². The van der Waals surface area contributed by atoms with E-state index in [1.807, 2.05) is 19.2 Å². The molecule has 6 nitrogen and oxygen atoms in total. The Bertz CT molecular complexity index is 504. The van der Waals surface area contributed by atoms with Crippen LogP contribution in [-0.2, 0) is 11.3 Å². The fourth-order valence-electron chi connectivity index (χ4n) is 1.49. The highest BCUT2D eigenvalue weighted by molar-refractivity contribution is 9.10. The SMILES string of the molecule is CCNc1cc(-n2cc(Br)cn2)nc(COC)n1. The molecular weight excluding hydrogens is 298 g/mol. The van der Waals surface area contributed by atoms with E-state index in [4.69, 9.17) is 4.74 Å². The largest absolute Gasteiger partial charge is 0.377 e. The van der Waals surface area contributed by atoms with E-state index in [2.05, 4.69) is 36.3 Å². The summed E-state index contributed by atoms with van der Waals surface area (Å²) in [5.41, 5.74) is 0. The zero-order valence-corrected chi connectivity index (χ0v) is 11.8. The summed E-state index contributed by atoms with van der Waals surface area (Å²) in [5.74, 6) is 2.09. The Kier molecular flexibility index (Phi) is 4.27. The lowest BCUT2D eigenvalue weighted by Gasteiger charge is -2.08. The van der Waals surface area contributed by atoms with Crippen LogP contribution in [0.5, 0.6) is 0 Å². The molecule has 0 unspecified atom stereocenters. The molecule has 1 N–H and O–H groups in total. The molecule has 0 saturated carbocycles. The van der Waals surface area contributed by atoms with E-state index in [0.717, 1.165) is 16.8 Å². The molecule has 96 valence electrons. The van der Waals surface area contributed by atoms with Gasteiger partial charge in [-0.2, -0.15) is 5.10 Å². The summed E-state index contributed by atoms with van der Waals surface area (Å²) >= 11 is 3.36. The van der Waals surface area contributed by atoms with Crippen molar-refractivity contribution in [1.82, 2.24) is 19.7 Å². The molecule has 0 aromatic carbocycles. The average molecular weight is 312 g/mol. The fourth-order valence-corrected chi connectivity index (χ4v) is 1.78. The van der Waals surface area contributed by atoms with E-state index in [9.17, 15) is 0 Å². The number of methoxy groups -OCH3 is 1. The van der Waals surface area contributed by atoms with Crippen LogP contribution in [0, 0.1) is 0 Å². The Morgan fingerprint density at radius 2 is 2.28 bits per heavy atom. The number of nitrogens with zero attached hydrogens (tertiary/aromatic N) is 4. The summed E-state index contributed by atoms with van der Waals surface area (Å²) in [4.78, 5) is 8.74. The lowest BCUT2D eigenvalue weighted by Crippen LogP contribution is -2.08. The van der Waals surface area contributed by atoms with Gasteiger partial charge in [-0.25, -0.2) is 14.6 Å². The summed E-state index contributed by atoms with van der Waals surface area (Å²) in [5, 5.41) is 7.36. The minimum atomic E-state index is 0.370. The van der Waals surface area contributed by atoms with Gasteiger partial charge >= 0.3 is 0 Å². The number of rotatable bonds is 5. The summed E-state index contributed by atoms with van der Waals surface area (Å²) in [6.07, 6.45) is 3.56. The van der Waals surface area contributed by atoms with Crippen LogP contribution in [0.4, 0.5) is 5.82 Å². The quantitative estimate of drug-likeness (QED) is 0.915. The van der Waals surface area contributed by atoms with E-state index in [-0.39, 0.29) is 0 Å². The van der Waals surface area contributed by atoms with Gasteiger partial charge in [0.15, 0.2) is 11.6 Å². The highest BCUT2D eigenvalue weighted by Gasteiger charge is 2.07. The van der Waals surface area contributed by atoms with Crippen LogP contribution in [-0.4, -0.2) is 33.4 Å². The number of anilines is 1. The number of aromatic nitrogens is 4. The van der Waals surface area contributed by atoms with Crippen LogP contribution in [0.3, 0.4) is 0 Å². The standard InChI is InChI=1S/C11H14BrN5O/c1-3-13-9-4-11(16-10(15-9)7-18-2)17-6-8(12)5-14-17/h4-6H,3,7H2,1-2H3,(H,13,15,16). The Morgan fingerprint density at radius 3 is 2.89 bits per heavy atom. The van der Waals surface area contributed by atoms with Crippen molar-refractivity contribution in [3.63, 3.8) is 0 Å². The maximum atomic E-state index is 5.07. The van der Waals surface area contributed by atoms with Gasteiger partial charge in [0.1, 0.15) is 12.4 Å². The molecule has 0 atom stereocenters. The molecule has 7 heteroatoms. The van der Waals surface area contributed by atoms with Gasteiger partial charge in [0.05, 0.1) is 10.7 Å². The highest BCUT2D eigenvalue weighted by atomic mass is 79.9. The van der Waals surface area contributed by atoms with Gasteiger partial charge in [-0.15, -0.1) is 0 Å². The summed E-state index contributed by atoms with van der Waals surface area (Å²) in [6.45, 7) is 3.18. The molecule has 0 aliphatic heterocycles. The Labute approximate surface area is 114 Å². The number of hydrogen-bond acceptors (Lipinski definition) is 5. The molecule has 0 aliphatic carbocycles. The average Bonchev–Trinajstić information content (AvgIpc) is 2.76. The third kappa shape index (κ3) is 3.05. The Hall–Kier alpha value is -1.47. The van der Waals surface area contributed by atoms with Gasteiger partial charge < -0.3 is 10.1 Å². The molecule has 2 rings (SSSR count). The normalized spacial score (nSPS) is 10.6. The van der Waals surface area contributed by atoms with E-state index in [1.54, 1.807) is 18.0 Å². The Balaban J connectivity index is 2.39. The number of hydrogen-bond donors (Lipinski definition) is 1. The first kappa shape index (κ1) is 13.0. The summed E-state index contributed by atoms with van der Waals surface area (Å²) in [6, 6.07) is 1.85. The van der Waals surface area contributed by atoms with Crippen molar-refractivity contribution in [3.05, 3.63) is 28.8 Å². The first-order valence-electron chi connectivity index (χ1n) is 5.54. The van der Waals surface area contributed by atoms with Gasteiger partial charge in [0, 0.05) is 25.9 Å². The first-order valence-corrected chi connectivity index (χ1v) is 6.33. The molecule has 0 aliphatic rings. The molecule has 0 saturated heterocycles. The second-order valence-electron chi connectivity index (χ2n) is 3.59. The van der Waals surface area contributed by atoms with Gasteiger partial charge in [0.25, 0.3) is 0 Å². The van der Waals surface area contributed by atoms with Crippen molar-refractivity contribution in [2.24, 2.45) is 0 Å². The van der Waals surface area contributed by atoms with Gasteiger partial charge in [-0.3, -0.25) is 0 Å². The van der Waals surface area contributed by atoms with Crippen molar-refractivity contribution in [1.29, 1.82) is 0 Å². The summed E-state index contributed by atoms with van der Waals surface area (Å²) < 4.78 is 7.65. The lowest BCUT2D eigenvalue weighted by molar-refractivity contribution is 0.178. The molecule has 0 amide bonds. The van der Waals surface area contributed by atoms with Crippen molar-refractivity contribution in [2.45, 2.75) is 13.5 Å². The van der Waals surface area contributed by atoms with Crippen LogP contribution in [0.1, 0.15) is 12.7 Å². The zero-order chi connectivity index (χ0) is 13.0. The predicted octanol–water partition coefficient (Wildman–Crippen LogP) is 2.00. The lowest BCUT2D eigenvalue weighted by atomic mass is 10.4. The van der Waals surface area contributed by atoms with Crippen molar-refractivity contribution < 1.29 is 4.74 Å². The fraction of sp³-hybridized carbons (Fsp3) is 0.364. The maximum absolute atomic E-state index is 5.07. The monoisotopic (exact) mass is 311 g/mol. The first-order chi connectivity index (χ1) is 8.72. The molecule has 2 heterocycles. The van der Waals surface area contributed by atoms with E-state index >= 15 is 0 Å². The highest BCUT2D eigenvalue weighted by Crippen LogP contribution is 2.14. The number of ether oxygens (including phenoxy) is 1. The number of halogens is 1. The smallest absolute Gasteiger partial charge is 0.159 e. The molecule has 0 fully saturated rings. The molecule has 2 aromatic heterocycles. The molecule has 0 radical (unpaired) electrons. The molecule has 0 spiro atoms. The third-order valence-corrected chi connectivity index (χ3v) is 2.59. The van der Waals surface area contributed by atoms with Gasteiger partial charge in [-0.05, 0) is 22.9 Å². The van der Waals surface area contributed by atoms with Crippen LogP contribution in [0.2, 0.25) is 0 Å². The zero-order valence-electron chi connectivity index (χ0n) is 10.2. The van der Waals surface area contributed by atoms with Gasteiger partial charge in [-0.1, -0.05) is 0 Å². The molecular formula is C11H14BrN5O. The van der Waals surface area contributed by atoms with Crippen molar-refractivity contribution in [3.8, 4) is 5.82 Å². The Morgan fingerprint density at radius 1 is 1.44 bits per heavy atom. The third-order valence-electron chi connectivity index (χ3n) is 2.18. The maximum Gasteiger partial charge on any atom is 0.159 e. The molecule has 0 bridgehead atoms. The minimum Gasteiger partial charge on any atom is -0.377 e. The predicted molar refractivity (Wildman–Crippen MR) is 71.7 cm³/mol. The van der Waals surface area contributed by atoms with Crippen LogP contribution < -0.4 is 5.32 Å². The van der Waals surface area contributed by atoms with Crippen LogP contribution in [0.15, 0.2) is 22.9 Å². The van der Waals surface area contributed by atoms with Crippen molar-refractivity contribution in [2.75, 3.05) is 19.0 Å². The molecule has 18 heavy (non-hydrogen) atoms. The van der Waals surface area contributed by atoms with E-state index in [0.29, 0.717) is 18.2 Å². The molecule has 2 aromatic rings. The van der Waals surface area contributed by atoms with Crippen LogP contribution >= 0.6 is 15.9 Å². The second kappa shape index (κ2) is 5.92. The minimum absolute atomic E-state index is 0.370. The number of nitrogens with one attached hydrogen (secondary N) is 1. The van der Waals surface area contributed by atoms with E-state index in [1.165, 1.54) is 0 Å². The van der Waals surface area contributed by atoms with Crippen LogP contribution in [0.25, 0.3) is 5.82 Å². The van der Waals surface area contributed by atoms with E-state index < -0.39 is 0 Å².